The van der Waals surface area contributed by atoms with Crippen molar-refractivity contribution in [3.8, 4) is 0 Å². The zero-order valence-corrected chi connectivity index (χ0v) is 11.3. The van der Waals surface area contributed by atoms with E-state index in [4.69, 9.17) is 11.6 Å². The normalized spacial score (nSPS) is 21.8. The van der Waals surface area contributed by atoms with E-state index < -0.39 is 11.9 Å². The Morgan fingerprint density at radius 3 is 2.58 bits per heavy atom. The molecular weight excluding hydrogens is 281 g/mol. The highest BCUT2D eigenvalue weighted by Gasteiger charge is 2.34. The first-order valence-corrected chi connectivity index (χ1v) is 6.22. The molecular formula is C11H14ClF3N4. The average Bonchev–Trinajstić information content (AvgIpc) is 2.26. The topological polar surface area (TPSA) is 32.3 Å². The Labute approximate surface area is 114 Å². The molecule has 0 radical (unpaired) electrons. The maximum Gasteiger partial charge on any atom is 0.433 e. The van der Waals surface area contributed by atoms with Gasteiger partial charge in [-0.3, -0.25) is 0 Å². The standard InChI is InChI=1S/C11H14ClF3N4/c1-7-6-18(2)3-4-19(7)9-5-8(11(13,14)15)16-10(12)17-9/h5,7H,3-4,6H2,1-2H3. The first-order valence-electron chi connectivity index (χ1n) is 5.84. The molecule has 0 bridgehead atoms. The van der Waals surface area contributed by atoms with Crippen LogP contribution in [0.4, 0.5) is 19.0 Å². The van der Waals surface area contributed by atoms with Gasteiger partial charge in [0.25, 0.3) is 0 Å². The Bertz CT molecular complexity index is 466. The van der Waals surface area contributed by atoms with Crippen molar-refractivity contribution in [1.29, 1.82) is 0 Å². The monoisotopic (exact) mass is 294 g/mol. The highest BCUT2D eigenvalue weighted by atomic mass is 35.5. The van der Waals surface area contributed by atoms with E-state index >= 15 is 0 Å². The summed E-state index contributed by atoms with van der Waals surface area (Å²) in [5.41, 5.74) is -1.01. The van der Waals surface area contributed by atoms with Crippen LogP contribution in [0, 0.1) is 0 Å². The quantitative estimate of drug-likeness (QED) is 0.744. The molecule has 0 aromatic carbocycles. The summed E-state index contributed by atoms with van der Waals surface area (Å²) in [7, 11) is 1.97. The van der Waals surface area contributed by atoms with Gasteiger partial charge in [-0.05, 0) is 25.6 Å². The van der Waals surface area contributed by atoms with Crippen LogP contribution >= 0.6 is 11.6 Å². The van der Waals surface area contributed by atoms with E-state index in [1.54, 1.807) is 0 Å². The minimum atomic E-state index is -4.52. The van der Waals surface area contributed by atoms with E-state index in [0.29, 0.717) is 6.54 Å². The van der Waals surface area contributed by atoms with Crippen molar-refractivity contribution < 1.29 is 13.2 Å². The Morgan fingerprint density at radius 2 is 2.00 bits per heavy atom. The number of halogens is 4. The van der Waals surface area contributed by atoms with E-state index in [0.717, 1.165) is 19.2 Å². The number of alkyl halides is 3. The molecule has 106 valence electrons. The third kappa shape index (κ3) is 3.27. The maximum absolute atomic E-state index is 12.7. The van der Waals surface area contributed by atoms with Crippen molar-refractivity contribution >= 4 is 17.4 Å². The number of likely N-dealkylation sites (N-methyl/N-ethyl adjacent to an activating group) is 1. The summed E-state index contributed by atoms with van der Waals surface area (Å²) in [6, 6.07) is 1.03. The molecule has 1 aromatic heterocycles. The third-order valence-electron chi connectivity index (χ3n) is 3.10. The fraction of sp³-hybridized carbons (Fsp3) is 0.636. The van der Waals surface area contributed by atoms with Crippen LogP contribution in [0.3, 0.4) is 0 Å². The van der Waals surface area contributed by atoms with Crippen molar-refractivity contribution in [3.05, 3.63) is 17.0 Å². The van der Waals surface area contributed by atoms with Gasteiger partial charge in [0.1, 0.15) is 5.82 Å². The Hall–Kier alpha value is -1.08. The molecule has 8 heteroatoms. The van der Waals surface area contributed by atoms with Gasteiger partial charge in [-0.1, -0.05) is 0 Å². The number of piperazine rings is 1. The summed E-state index contributed by atoms with van der Waals surface area (Å²) >= 11 is 5.59. The number of hydrogen-bond acceptors (Lipinski definition) is 4. The van der Waals surface area contributed by atoms with Gasteiger partial charge < -0.3 is 9.80 Å². The first-order chi connectivity index (χ1) is 8.77. The lowest BCUT2D eigenvalue weighted by Crippen LogP contribution is -2.50. The summed E-state index contributed by atoms with van der Waals surface area (Å²) in [6.45, 7) is 4.09. The van der Waals surface area contributed by atoms with Crippen LogP contribution in [0.15, 0.2) is 6.07 Å². The van der Waals surface area contributed by atoms with E-state index in [1.165, 1.54) is 0 Å². The van der Waals surface area contributed by atoms with Crippen molar-refractivity contribution in [3.63, 3.8) is 0 Å². The molecule has 1 aliphatic rings. The summed E-state index contributed by atoms with van der Waals surface area (Å²) < 4.78 is 38.1. The van der Waals surface area contributed by atoms with Gasteiger partial charge in [0.05, 0.1) is 0 Å². The van der Waals surface area contributed by atoms with Crippen molar-refractivity contribution in [2.75, 3.05) is 31.6 Å². The first kappa shape index (κ1) is 14.3. The van der Waals surface area contributed by atoms with Gasteiger partial charge in [-0.15, -0.1) is 0 Å². The highest BCUT2D eigenvalue weighted by Crippen LogP contribution is 2.31. The molecule has 2 rings (SSSR count). The molecule has 1 atom stereocenters. The van der Waals surface area contributed by atoms with Crippen LogP contribution in [-0.2, 0) is 6.18 Å². The lowest BCUT2D eigenvalue weighted by Gasteiger charge is -2.39. The number of rotatable bonds is 1. The molecule has 2 heterocycles. The van der Waals surface area contributed by atoms with E-state index in [1.807, 2.05) is 18.9 Å². The number of aromatic nitrogens is 2. The van der Waals surface area contributed by atoms with Crippen LogP contribution in [0.5, 0.6) is 0 Å². The molecule has 1 unspecified atom stereocenters. The molecule has 1 aromatic rings. The van der Waals surface area contributed by atoms with Crippen LogP contribution in [0.25, 0.3) is 0 Å². The molecule has 0 saturated carbocycles. The molecule has 1 saturated heterocycles. The predicted molar refractivity (Wildman–Crippen MR) is 66.3 cm³/mol. The molecule has 1 aliphatic heterocycles. The zero-order chi connectivity index (χ0) is 14.2. The molecule has 0 N–H and O–H groups in total. The van der Waals surface area contributed by atoms with Gasteiger partial charge in [0, 0.05) is 31.7 Å². The summed E-state index contributed by atoms with van der Waals surface area (Å²) in [5, 5.41) is -0.379. The van der Waals surface area contributed by atoms with Gasteiger partial charge in [-0.25, -0.2) is 9.97 Å². The summed E-state index contributed by atoms with van der Waals surface area (Å²) in [4.78, 5) is 11.1. The minimum absolute atomic E-state index is 0.0748. The fourth-order valence-corrected chi connectivity index (χ4v) is 2.36. The van der Waals surface area contributed by atoms with Gasteiger partial charge in [0.15, 0.2) is 5.69 Å². The van der Waals surface area contributed by atoms with Crippen LogP contribution in [0.2, 0.25) is 5.28 Å². The van der Waals surface area contributed by atoms with Gasteiger partial charge in [-0.2, -0.15) is 13.2 Å². The second-order valence-corrected chi connectivity index (χ2v) is 5.02. The number of nitrogens with zero attached hydrogens (tertiary/aromatic N) is 4. The summed E-state index contributed by atoms with van der Waals surface area (Å²) in [5.74, 6) is 0.230. The summed E-state index contributed by atoms with van der Waals surface area (Å²) in [6.07, 6.45) is -4.52. The zero-order valence-electron chi connectivity index (χ0n) is 10.6. The molecule has 1 fully saturated rings. The minimum Gasteiger partial charge on any atom is -0.351 e. The van der Waals surface area contributed by atoms with Crippen molar-refractivity contribution in [1.82, 2.24) is 14.9 Å². The van der Waals surface area contributed by atoms with Crippen LogP contribution < -0.4 is 4.90 Å². The molecule has 0 amide bonds. The number of hydrogen-bond donors (Lipinski definition) is 0. The second kappa shape index (κ2) is 5.13. The smallest absolute Gasteiger partial charge is 0.351 e. The molecule has 19 heavy (non-hydrogen) atoms. The van der Waals surface area contributed by atoms with Gasteiger partial charge >= 0.3 is 6.18 Å². The third-order valence-corrected chi connectivity index (χ3v) is 3.27. The largest absolute Gasteiger partial charge is 0.433 e. The number of anilines is 1. The van der Waals surface area contributed by atoms with Crippen molar-refractivity contribution in [2.24, 2.45) is 0 Å². The Kier molecular flexibility index (Phi) is 3.87. The average molecular weight is 295 g/mol. The molecule has 4 nitrogen and oxygen atoms in total. The lowest BCUT2D eigenvalue weighted by atomic mass is 10.2. The van der Waals surface area contributed by atoms with Gasteiger partial charge in [0.2, 0.25) is 5.28 Å². The molecule has 0 spiro atoms. The van der Waals surface area contributed by atoms with Crippen molar-refractivity contribution in [2.45, 2.75) is 19.1 Å². The molecule has 0 aliphatic carbocycles. The fourth-order valence-electron chi connectivity index (χ4n) is 2.18. The van der Waals surface area contributed by atoms with E-state index in [9.17, 15) is 13.2 Å². The predicted octanol–water partition coefficient (Wildman–Crippen LogP) is 2.29. The Morgan fingerprint density at radius 1 is 1.32 bits per heavy atom. The maximum atomic E-state index is 12.7. The Balaban J connectivity index is 2.32. The highest BCUT2D eigenvalue weighted by molar-refractivity contribution is 6.28. The van der Waals surface area contributed by atoms with Crippen LogP contribution in [-0.4, -0.2) is 47.6 Å². The van der Waals surface area contributed by atoms with E-state index in [2.05, 4.69) is 14.9 Å². The van der Waals surface area contributed by atoms with Crippen LogP contribution in [0.1, 0.15) is 12.6 Å². The SMILES string of the molecule is CC1CN(C)CCN1c1cc(C(F)(F)F)nc(Cl)n1. The van der Waals surface area contributed by atoms with E-state index in [-0.39, 0.29) is 17.1 Å². The second-order valence-electron chi connectivity index (χ2n) is 4.68. The lowest BCUT2D eigenvalue weighted by molar-refractivity contribution is -0.141.